The van der Waals surface area contributed by atoms with Gasteiger partial charge in [0.25, 0.3) is 5.91 Å². The van der Waals surface area contributed by atoms with Crippen LogP contribution in [0.2, 0.25) is 0 Å². The molecule has 26 heavy (non-hydrogen) atoms. The molecule has 1 N–H and O–H groups in total. The van der Waals surface area contributed by atoms with E-state index in [-0.39, 0.29) is 24.2 Å². The Morgan fingerprint density at radius 2 is 2.23 bits per heavy atom. The molecule has 1 aromatic heterocycles. The first-order valence-corrected chi connectivity index (χ1v) is 9.49. The molecule has 2 aromatic rings. The van der Waals surface area contributed by atoms with Crippen LogP contribution in [0.25, 0.3) is 0 Å². The Bertz CT molecular complexity index is 830. The van der Waals surface area contributed by atoms with Crippen LogP contribution < -0.4 is 19.7 Å². The maximum atomic E-state index is 12.2. The number of carbonyl (C=O) groups excluding carboxylic acids is 1. The first kappa shape index (κ1) is 17.1. The predicted molar refractivity (Wildman–Crippen MR) is 99.1 cm³/mol. The number of hydrogen-bond donors (Lipinski definition) is 1. The molecule has 3 heterocycles. The summed E-state index contributed by atoms with van der Waals surface area (Å²) in [6.07, 6.45) is 0.842. The van der Waals surface area contributed by atoms with Crippen LogP contribution in [0.3, 0.4) is 0 Å². The van der Waals surface area contributed by atoms with E-state index in [0.717, 1.165) is 41.0 Å². The summed E-state index contributed by atoms with van der Waals surface area (Å²) < 4.78 is 11.7. The number of aryl methyl sites for hydroxylation is 1. The molecule has 2 aliphatic rings. The van der Waals surface area contributed by atoms with Gasteiger partial charge in [0.15, 0.2) is 18.1 Å². The van der Waals surface area contributed by atoms with Gasteiger partial charge in [-0.25, -0.2) is 0 Å². The van der Waals surface area contributed by atoms with Crippen molar-refractivity contribution < 1.29 is 14.3 Å². The van der Waals surface area contributed by atoms with Gasteiger partial charge in [-0.2, -0.15) is 0 Å². The van der Waals surface area contributed by atoms with Gasteiger partial charge in [-0.05, 0) is 26.8 Å². The van der Waals surface area contributed by atoms with Crippen LogP contribution in [0, 0.1) is 6.92 Å². The molecule has 0 atom stereocenters. The first-order chi connectivity index (χ1) is 12.4. The topological polar surface area (TPSA) is 76.6 Å². The smallest absolute Gasteiger partial charge is 0.258 e. The molecule has 1 saturated heterocycles. The normalized spacial score (nSPS) is 18.0. The van der Waals surface area contributed by atoms with E-state index in [0.29, 0.717) is 5.75 Å². The third kappa shape index (κ3) is 3.46. The summed E-state index contributed by atoms with van der Waals surface area (Å²) in [6.45, 7) is 7.50. The molecule has 0 saturated carbocycles. The lowest BCUT2D eigenvalue weighted by atomic mass is 10.0. The van der Waals surface area contributed by atoms with E-state index in [4.69, 9.17) is 9.47 Å². The van der Waals surface area contributed by atoms with Crippen molar-refractivity contribution in [2.24, 2.45) is 0 Å². The number of hydrogen-bond acceptors (Lipinski definition) is 7. The maximum Gasteiger partial charge on any atom is 0.258 e. The fourth-order valence-electron chi connectivity index (χ4n) is 3.25. The molecule has 0 unspecified atom stereocenters. The number of aromatic nitrogens is 2. The van der Waals surface area contributed by atoms with Crippen LogP contribution in [0.1, 0.15) is 24.4 Å². The highest BCUT2D eigenvalue weighted by Gasteiger charge is 2.33. The number of para-hydroxylation sites is 1. The Morgan fingerprint density at radius 3 is 2.96 bits per heavy atom. The third-order valence-corrected chi connectivity index (χ3v) is 5.35. The molecule has 7 nitrogen and oxygen atoms in total. The summed E-state index contributed by atoms with van der Waals surface area (Å²) in [4.78, 5) is 14.3. The molecule has 4 rings (SSSR count). The quantitative estimate of drug-likeness (QED) is 0.862. The number of carbonyl (C=O) groups is 1. The molecular weight excluding hydrogens is 352 g/mol. The first-order valence-electron chi connectivity index (χ1n) is 8.68. The highest BCUT2D eigenvalue weighted by Crippen LogP contribution is 2.41. The second kappa shape index (κ2) is 6.42. The van der Waals surface area contributed by atoms with Crippen LogP contribution in [0.15, 0.2) is 18.2 Å². The maximum absolute atomic E-state index is 12.2. The van der Waals surface area contributed by atoms with Crippen molar-refractivity contribution in [3.63, 3.8) is 0 Å². The average Bonchev–Trinajstić information content (AvgIpc) is 3.09. The van der Waals surface area contributed by atoms with Crippen molar-refractivity contribution in [2.75, 3.05) is 24.6 Å². The molecule has 0 aliphatic carbocycles. The minimum Gasteiger partial charge on any atom is -0.483 e. The van der Waals surface area contributed by atoms with E-state index in [9.17, 15) is 4.79 Å². The van der Waals surface area contributed by atoms with E-state index in [1.807, 2.05) is 39.0 Å². The number of nitrogens with one attached hydrogen (secondary N) is 1. The number of rotatable bonds is 5. The summed E-state index contributed by atoms with van der Waals surface area (Å²) in [6, 6.07) is 5.93. The molecule has 2 aliphatic heterocycles. The van der Waals surface area contributed by atoms with Gasteiger partial charge in [0.1, 0.15) is 10.6 Å². The van der Waals surface area contributed by atoms with Crippen LogP contribution in [-0.4, -0.2) is 47.4 Å². The Hall–Kier alpha value is -2.35. The summed E-state index contributed by atoms with van der Waals surface area (Å²) in [5.41, 5.74) is 0.887. The Morgan fingerprint density at radius 1 is 1.42 bits per heavy atom. The minimum atomic E-state index is -0.234. The van der Waals surface area contributed by atoms with E-state index in [1.54, 1.807) is 11.3 Å². The largest absolute Gasteiger partial charge is 0.483 e. The number of anilines is 1. The number of benzene rings is 1. The number of nitrogens with zero attached hydrogens (tertiary/aromatic N) is 3. The third-order valence-electron chi connectivity index (χ3n) is 4.45. The van der Waals surface area contributed by atoms with Crippen LogP contribution in [-0.2, 0) is 11.2 Å². The van der Waals surface area contributed by atoms with Gasteiger partial charge < -0.3 is 19.7 Å². The molecular formula is C18H22N4O3S. The molecule has 1 amide bonds. The molecule has 0 bridgehead atoms. The van der Waals surface area contributed by atoms with Gasteiger partial charge in [0.05, 0.1) is 6.04 Å². The SMILES string of the molecule is Cc1nnc(N2CC(NC(=O)COc3cccc4c3OC(C)(C)C4)C2)s1. The molecule has 0 radical (unpaired) electrons. The molecule has 1 fully saturated rings. The van der Waals surface area contributed by atoms with Crippen molar-refractivity contribution in [3.8, 4) is 11.5 Å². The zero-order valence-corrected chi connectivity index (χ0v) is 15.9. The second-order valence-corrected chi connectivity index (χ2v) is 8.50. The van der Waals surface area contributed by atoms with Crippen molar-refractivity contribution in [2.45, 2.75) is 38.8 Å². The lowest BCUT2D eigenvalue weighted by Gasteiger charge is -2.38. The minimum absolute atomic E-state index is 0.0192. The fourth-order valence-corrected chi connectivity index (χ4v) is 3.96. The van der Waals surface area contributed by atoms with Crippen molar-refractivity contribution >= 4 is 22.4 Å². The predicted octanol–water partition coefficient (Wildman–Crippen LogP) is 1.94. The molecule has 0 spiro atoms. The number of amides is 1. The highest BCUT2D eigenvalue weighted by molar-refractivity contribution is 7.15. The van der Waals surface area contributed by atoms with Gasteiger partial charge in [0, 0.05) is 25.1 Å². The lowest BCUT2D eigenvalue weighted by Crippen LogP contribution is -2.60. The van der Waals surface area contributed by atoms with Crippen LogP contribution >= 0.6 is 11.3 Å². The molecule has 1 aromatic carbocycles. The van der Waals surface area contributed by atoms with Gasteiger partial charge in [-0.15, -0.1) is 10.2 Å². The zero-order chi connectivity index (χ0) is 18.3. The van der Waals surface area contributed by atoms with E-state index >= 15 is 0 Å². The van der Waals surface area contributed by atoms with Gasteiger partial charge in [0.2, 0.25) is 5.13 Å². The van der Waals surface area contributed by atoms with Gasteiger partial charge in [-0.1, -0.05) is 23.5 Å². The van der Waals surface area contributed by atoms with Gasteiger partial charge >= 0.3 is 0 Å². The summed E-state index contributed by atoms with van der Waals surface area (Å²) in [7, 11) is 0. The summed E-state index contributed by atoms with van der Waals surface area (Å²) in [5, 5.41) is 13.0. The van der Waals surface area contributed by atoms with Crippen molar-refractivity contribution in [1.29, 1.82) is 0 Å². The van der Waals surface area contributed by atoms with E-state index < -0.39 is 0 Å². The van der Waals surface area contributed by atoms with Crippen LogP contribution in [0.5, 0.6) is 11.5 Å². The average molecular weight is 374 g/mol. The van der Waals surface area contributed by atoms with Gasteiger partial charge in [-0.3, -0.25) is 4.79 Å². The standard InChI is InChI=1S/C18H22N4O3S/c1-11-20-21-17(26-11)22-8-13(9-22)19-15(23)10-24-14-6-4-5-12-7-18(2,3)25-16(12)14/h4-6,13H,7-10H2,1-3H3,(H,19,23). The van der Waals surface area contributed by atoms with Crippen molar-refractivity contribution in [1.82, 2.24) is 15.5 Å². The second-order valence-electron chi connectivity index (χ2n) is 7.34. The zero-order valence-electron chi connectivity index (χ0n) is 15.1. The Labute approximate surface area is 156 Å². The Balaban J connectivity index is 1.27. The summed E-state index contributed by atoms with van der Waals surface area (Å²) >= 11 is 1.56. The fraction of sp³-hybridized carbons (Fsp3) is 0.500. The lowest BCUT2D eigenvalue weighted by molar-refractivity contribution is -0.124. The van der Waals surface area contributed by atoms with E-state index in [1.165, 1.54) is 0 Å². The highest BCUT2D eigenvalue weighted by atomic mass is 32.1. The Kier molecular flexibility index (Phi) is 4.22. The number of fused-ring (bicyclic) bond motifs is 1. The summed E-state index contributed by atoms with van der Waals surface area (Å²) in [5.74, 6) is 1.26. The molecule has 8 heteroatoms. The van der Waals surface area contributed by atoms with Crippen molar-refractivity contribution in [3.05, 3.63) is 28.8 Å². The van der Waals surface area contributed by atoms with Crippen LogP contribution in [0.4, 0.5) is 5.13 Å². The molecule has 138 valence electrons. The number of ether oxygens (including phenoxy) is 2. The van der Waals surface area contributed by atoms with E-state index in [2.05, 4.69) is 20.4 Å². The monoisotopic (exact) mass is 374 g/mol.